The maximum absolute atomic E-state index is 5.10. The van der Waals surface area contributed by atoms with Gasteiger partial charge in [-0.3, -0.25) is 0 Å². The summed E-state index contributed by atoms with van der Waals surface area (Å²) in [4.78, 5) is 0. The van der Waals surface area contributed by atoms with Gasteiger partial charge in [0, 0.05) is 24.2 Å². The first-order chi connectivity index (χ1) is 7.29. The maximum atomic E-state index is 5.10. The zero-order chi connectivity index (χ0) is 11.5. The summed E-state index contributed by atoms with van der Waals surface area (Å²) in [6, 6.07) is 0.673. The van der Waals surface area contributed by atoms with E-state index in [9.17, 15) is 0 Å². The number of thioether (sulfide) groups is 1. The zero-order valence-corrected chi connectivity index (χ0v) is 11.5. The van der Waals surface area contributed by atoms with Crippen LogP contribution in [0.3, 0.4) is 0 Å². The van der Waals surface area contributed by atoms with Crippen LogP contribution >= 0.6 is 11.8 Å². The molecule has 0 amide bonds. The van der Waals surface area contributed by atoms with Crippen LogP contribution in [0.4, 0.5) is 0 Å². The van der Waals surface area contributed by atoms with E-state index in [0.717, 1.165) is 24.2 Å². The fourth-order valence-electron chi connectivity index (χ4n) is 1.79. The quantitative estimate of drug-likeness (QED) is 0.586. The monoisotopic (exact) mass is 233 g/mol. The molecule has 0 saturated carbocycles. The van der Waals surface area contributed by atoms with Crippen molar-refractivity contribution in [3.63, 3.8) is 0 Å². The molecule has 2 atom stereocenters. The van der Waals surface area contributed by atoms with Crippen LogP contribution in [0.1, 0.15) is 40.0 Å². The Morgan fingerprint density at radius 3 is 2.47 bits per heavy atom. The van der Waals surface area contributed by atoms with Gasteiger partial charge in [0.25, 0.3) is 0 Å². The number of ether oxygens (including phenoxy) is 1. The van der Waals surface area contributed by atoms with Gasteiger partial charge in [-0.15, -0.1) is 0 Å². The Bertz CT molecular complexity index is 127. The summed E-state index contributed by atoms with van der Waals surface area (Å²) in [5.41, 5.74) is 0. The first kappa shape index (κ1) is 15.3. The number of hydrogen-bond donors (Lipinski definition) is 1. The summed E-state index contributed by atoms with van der Waals surface area (Å²) in [5, 5.41) is 4.34. The van der Waals surface area contributed by atoms with E-state index in [-0.39, 0.29) is 0 Å². The molecule has 0 fully saturated rings. The van der Waals surface area contributed by atoms with Crippen LogP contribution < -0.4 is 5.32 Å². The summed E-state index contributed by atoms with van der Waals surface area (Å²) in [6.07, 6.45) is 3.79. The Hall–Kier alpha value is 0.270. The van der Waals surface area contributed by atoms with Gasteiger partial charge in [-0.1, -0.05) is 27.2 Å². The van der Waals surface area contributed by atoms with Gasteiger partial charge in [0.1, 0.15) is 0 Å². The van der Waals surface area contributed by atoms with E-state index >= 15 is 0 Å². The molecule has 0 aromatic rings. The Labute approximate surface area is 99.5 Å². The smallest absolute Gasteiger partial charge is 0.0553 e. The summed E-state index contributed by atoms with van der Waals surface area (Å²) in [7, 11) is 1.77. The third kappa shape index (κ3) is 7.20. The highest BCUT2D eigenvalue weighted by Crippen LogP contribution is 2.21. The molecule has 0 rings (SSSR count). The van der Waals surface area contributed by atoms with E-state index in [0.29, 0.717) is 6.04 Å². The lowest BCUT2D eigenvalue weighted by Gasteiger charge is -2.26. The fraction of sp³-hybridized carbons (Fsp3) is 1.00. The molecule has 0 bridgehead atoms. The first-order valence-electron chi connectivity index (χ1n) is 6.13. The average molecular weight is 233 g/mol. The highest BCUT2D eigenvalue weighted by atomic mass is 32.2. The van der Waals surface area contributed by atoms with E-state index in [4.69, 9.17) is 4.74 Å². The molecule has 0 aliphatic rings. The lowest BCUT2D eigenvalue weighted by Crippen LogP contribution is -2.38. The fourth-order valence-corrected chi connectivity index (χ4v) is 3.06. The third-order valence-corrected chi connectivity index (χ3v) is 4.03. The van der Waals surface area contributed by atoms with Gasteiger partial charge in [-0.25, -0.2) is 0 Å². The normalized spacial score (nSPS) is 15.2. The molecule has 0 radical (unpaired) electrons. The molecule has 2 nitrogen and oxygen atoms in total. The molecular formula is C12H27NOS. The molecule has 0 aliphatic carbocycles. The lowest BCUT2D eigenvalue weighted by molar-refractivity contribution is 0.218. The van der Waals surface area contributed by atoms with Gasteiger partial charge in [0.15, 0.2) is 0 Å². The van der Waals surface area contributed by atoms with Gasteiger partial charge in [-0.2, -0.15) is 11.8 Å². The summed E-state index contributed by atoms with van der Waals surface area (Å²) in [6.45, 7) is 8.68. The maximum Gasteiger partial charge on any atom is 0.0553 e. The van der Waals surface area contributed by atoms with E-state index < -0.39 is 0 Å². The van der Waals surface area contributed by atoms with Crippen molar-refractivity contribution in [2.45, 2.75) is 51.3 Å². The molecule has 0 aromatic heterocycles. The SMILES string of the molecule is CCCC(NCC)C(CC)SCCOC. The van der Waals surface area contributed by atoms with E-state index in [2.05, 4.69) is 26.1 Å². The van der Waals surface area contributed by atoms with Crippen molar-refractivity contribution >= 4 is 11.8 Å². The molecule has 1 N–H and O–H groups in total. The van der Waals surface area contributed by atoms with Gasteiger partial charge in [-0.05, 0) is 19.4 Å². The minimum Gasteiger partial charge on any atom is -0.384 e. The van der Waals surface area contributed by atoms with Crippen molar-refractivity contribution in [1.82, 2.24) is 5.32 Å². The molecule has 0 spiro atoms. The molecule has 0 aromatic carbocycles. The molecular weight excluding hydrogens is 206 g/mol. The molecule has 0 aliphatic heterocycles. The predicted octanol–water partition coefficient (Wildman–Crippen LogP) is 2.92. The van der Waals surface area contributed by atoms with E-state index in [1.54, 1.807) is 7.11 Å². The topological polar surface area (TPSA) is 21.3 Å². The average Bonchev–Trinajstić information content (AvgIpc) is 2.24. The van der Waals surface area contributed by atoms with Crippen LogP contribution in [0.5, 0.6) is 0 Å². The third-order valence-electron chi connectivity index (χ3n) is 2.54. The van der Waals surface area contributed by atoms with Crippen LogP contribution in [0, 0.1) is 0 Å². The first-order valence-corrected chi connectivity index (χ1v) is 7.18. The minimum atomic E-state index is 0.673. The van der Waals surface area contributed by atoms with Gasteiger partial charge < -0.3 is 10.1 Å². The number of nitrogens with one attached hydrogen (secondary N) is 1. The molecule has 0 saturated heterocycles. The summed E-state index contributed by atoms with van der Waals surface area (Å²) in [5.74, 6) is 1.11. The highest BCUT2D eigenvalue weighted by Gasteiger charge is 2.18. The van der Waals surface area contributed by atoms with Crippen LogP contribution in [-0.4, -0.2) is 37.3 Å². The largest absolute Gasteiger partial charge is 0.384 e. The Morgan fingerprint density at radius 1 is 1.27 bits per heavy atom. The van der Waals surface area contributed by atoms with Crippen molar-refractivity contribution in [2.75, 3.05) is 26.0 Å². The van der Waals surface area contributed by atoms with Gasteiger partial charge >= 0.3 is 0 Å². The zero-order valence-electron chi connectivity index (χ0n) is 10.7. The molecule has 15 heavy (non-hydrogen) atoms. The predicted molar refractivity (Wildman–Crippen MR) is 70.8 cm³/mol. The van der Waals surface area contributed by atoms with Crippen LogP contribution in [-0.2, 0) is 4.74 Å². The molecule has 92 valence electrons. The second kappa shape index (κ2) is 10.8. The highest BCUT2D eigenvalue weighted by molar-refractivity contribution is 7.99. The van der Waals surface area contributed by atoms with Crippen molar-refractivity contribution in [3.8, 4) is 0 Å². The standard InChI is InChI=1S/C12H27NOS/c1-5-8-11(13-7-3)12(6-2)15-10-9-14-4/h11-13H,5-10H2,1-4H3. The Morgan fingerprint density at radius 2 is 2.00 bits per heavy atom. The van der Waals surface area contributed by atoms with Crippen molar-refractivity contribution in [2.24, 2.45) is 0 Å². The Balaban J connectivity index is 3.93. The molecule has 0 heterocycles. The van der Waals surface area contributed by atoms with E-state index in [1.807, 2.05) is 11.8 Å². The van der Waals surface area contributed by atoms with Crippen LogP contribution in [0.2, 0.25) is 0 Å². The number of hydrogen-bond acceptors (Lipinski definition) is 3. The van der Waals surface area contributed by atoms with Crippen molar-refractivity contribution in [1.29, 1.82) is 0 Å². The summed E-state index contributed by atoms with van der Waals surface area (Å²) >= 11 is 2.05. The van der Waals surface area contributed by atoms with Crippen molar-refractivity contribution in [3.05, 3.63) is 0 Å². The van der Waals surface area contributed by atoms with Gasteiger partial charge in [0.05, 0.1) is 6.61 Å². The molecule has 3 heteroatoms. The Kier molecular flexibility index (Phi) is 11.0. The lowest BCUT2D eigenvalue weighted by atomic mass is 10.1. The number of methoxy groups -OCH3 is 1. The molecule has 2 unspecified atom stereocenters. The second-order valence-corrected chi connectivity index (χ2v) is 5.11. The number of rotatable bonds is 10. The van der Waals surface area contributed by atoms with Crippen LogP contribution in [0.25, 0.3) is 0 Å². The minimum absolute atomic E-state index is 0.673. The van der Waals surface area contributed by atoms with Crippen molar-refractivity contribution < 1.29 is 4.74 Å². The summed E-state index contributed by atoms with van der Waals surface area (Å²) < 4.78 is 5.10. The van der Waals surface area contributed by atoms with Crippen LogP contribution in [0.15, 0.2) is 0 Å². The van der Waals surface area contributed by atoms with E-state index in [1.165, 1.54) is 19.3 Å². The van der Waals surface area contributed by atoms with Gasteiger partial charge in [0.2, 0.25) is 0 Å². The second-order valence-electron chi connectivity index (χ2n) is 3.76.